The van der Waals surface area contributed by atoms with Gasteiger partial charge in [0, 0.05) is 64.7 Å². The Balaban J connectivity index is 1.39. The van der Waals surface area contributed by atoms with Gasteiger partial charge in [0.25, 0.3) is 0 Å². The van der Waals surface area contributed by atoms with Gasteiger partial charge in [0.15, 0.2) is 0 Å². The van der Waals surface area contributed by atoms with Crippen molar-refractivity contribution in [2.24, 2.45) is 11.7 Å². The smallest absolute Gasteiger partial charge is 0.243 e. The van der Waals surface area contributed by atoms with Crippen LogP contribution >= 0.6 is 0 Å². The van der Waals surface area contributed by atoms with Gasteiger partial charge in [-0.1, -0.05) is 13.3 Å². The quantitative estimate of drug-likeness (QED) is 0.465. The van der Waals surface area contributed by atoms with Gasteiger partial charge in [-0.3, -0.25) is 14.5 Å². The molecular weight excluding hydrogens is 458 g/mol. The van der Waals surface area contributed by atoms with E-state index in [1.165, 1.54) is 10.7 Å². The van der Waals surface area contributed by atoms with E-state index in [9.17, 15) is 18.0 Å². The Morgan fingerprint density at radius 3 is 2.29 bits per heavy atom. The second-order valence-electron chi connectivity index (χ2n) is 8.99. The molecular formula is C23H37N5O5S. The summed E-state index contributed by atoms with van der Waals surface area (Å²) in [6, 6.07) is 6.64. The summed E-state index contributed by atoms with van der Waals surface area (Å²) in [5, 5.41) is 4.77. The maximum Gasteiger partial charge on any atom is 0.243 e. The lowest BCUT2D eigenvalue weighted by Crippen LogP contribution is -2.50. The molecule has 190 valence electrons. The fraction of sp³-hybridized carbons (Fsp3) is 0.652. The first kappa shape index (κ1) is 26.4. The molecule has 0 saturated carbocycles. The van der Waals surface area contributed by atoms with Crippen molar-refractivity contribution in [3.8, 4) is 5.75 Å². The molecule has 2 amide bonds. The SMILES string of the molecule is C[C@@H](CCC(=O)NCCN1CCN(S(=O)(=O)c2ccc(ON3CCCCC3)cc2)CC1)C(N)=O. The van der Waals surface area contributed by atoms with E-state index in [0.717, 1.165) is 25.9 Å². The van der Waals surface area contributed by atoms with E-state index >= 15 is 0 Å². The number of nitrogens with one attached hydrogen (secondary N) is 1. The molecule has 2 heterocycles. The maximum atomic E-state index is 13.0. The van der Waals surface area contributed by atoms with Crippen LogP contribution < -0.4 is 15.9 Å². The molecule has 3 rings (SSSR count). The van der Waals surface area contributed by atoms with Crippen LogP contribution in [0.2, 0.25) is 0 Å². The van der Waals surface area contributed by atoms with E-state index in [1.807, 2.05) is 5.06 Å². The zero-order valence-corrected chi connectivity index (χ0v) is 20.8. The molecule has 1 atom stereocenters. The average Bonchev–Trinajstić information content (AvgIpc) is 2.84. The van der Waals surface area contributed by atoms with Gasteiger partial charge in [-0.15, -0.1) is 5.06 Å². The van der Waals surface area contributed by atoms with Gasteiger partial charge < -0.3 is 15.9 Å². The number of hydrogen-bond acceptors (Lipinski definition) is 7. The lowest BCUT2D eigenvalue weighted by molar-refractivity contribution is -0.123. The standard InChI is InChI=1S/C23H37N5O5S/c1-19(23(24)30)5-10-22(29)25-11-14-26-15-17-28(18-16-26)34(31,32)21-8-6-20(7-9-21)33-27-12-3-2-4-13-27/h6-9,19H,2-5,10-18H2,1H3,(H2,24,30)(H,25,29)/t19-/m0/s1. The Labute approximate surface area is 202 Å². The molecule has 1 aromatic rings. The third-order valence-electron chi connectivity index (χ3n) is 6.38. The number of rotatable bonds is 11. The molecule has 10 nitrogen and oxygen atoms in total. The summed E-state index contributed by atoms with van der Waals surface area (Å²) in [4.78, 5) is 31.2. The van der Waals surface area contributed by atoms with Crippen LogP contribution in [0.15, 0.2) is 29.2 Å². The molecule has 2 aliphatic rings. The number of nitrogens with zero attached hydrogens (tertiary/aromatic N) is 3. The molecule has 0 aromatic heterocycles. The Bertz CT molecular complexity index is 910. The summed E-state index contributed by atoms with van der Waals surface area (Å²) >= 11 is 0. The predicted molar refractivity (Wildman–Crippen MR) is 128 cm³/mol. The second kappa shape index (κ2) is 12.5. The number of piperidine rings is 1. The van der Waals surface area contributed by atoms with E-state index < -0.39 is 15.9 Å². The Morgan fingerprint density at radius 2 is 1.68 bits per heavy atom. The number of piperazine rings is 1. The zero-order valence-electron chi connectivity index (χ0n) is 19.9. The highest BCUT2D eigenvalue weighted by atomic mass is 32.2. The summed E-state index contributed by atoms with van der Waals surface area (Å²) in [6.45, 7) is 6.62. The number of hydrogen-bond donors (Lipinski definition) is 2. The van der Waals surface area contributed by atoms with Crippen LogP contribution in [0.1, 0.15) is 39.0 Å². The lowest BCUT2D eigenvalue weighted by atomic mass is 10.1. The monoisotopic (exact) mass is 495 g/mol. The number of amides is 2. The summed E-state index contributed by atoms with van der Waals surface area (Å²) in [6.07, 6.45) is 4.14. The van der Waals surface area contributed by atoms with Gasteiger partial charge in [0.2, 0.25) is 21.8 Å². The minimum absolute atomic E-state index is 0.109. The molecule has 0 unspecified atom stereocenters. The van der Waals surface area contributed by atoms with Crippen LogP contribution in [0.4, 0.5) is 0 Å². The summed E-state index contributed by atoms with van der Waals surface area (Å²) in [5.41, 5.74) is 5.21. The van der Waals surface area contributed by atoms with Crippen molar-refractivity contribution in [2.45, 2.75) is 43.9 Å². The van der Waals surface area contributed by atoms with Gasteiger partial charge in [-0.25, -0.2) is 8.42 Å². The highest BCUT2D eigenvalue weighted by Gasteiger charge is 2.28. The Morgan fingerprint density at radius 1 is 1.03 bits per heavy atom. The van der Waals surface area contributed by atoms with E-state index in [-0.39, 0.29) is 23.1 Å². The molecule has 2 fully saturated rings. The number of carbonyl (C=O) groups is 2. The molecule has 2 saturated heterocycles. The van der Waals surface area contributed by atoms with Crippen molar-refractivity contribution in [1.82, 2.24) is 19.6 Å². The highest BCUT2D eigenvalue weighted by molar-refractivity contribution is 7.89. The lowest BCUT2D eigenvalue weighted by Gasteiger charge is -2.34. The van der Waals surface area contributed by atoms with E-state index in [0.29, 0.717) is 51.4 Å². The van der Waals surface area contributed by atoms with Crippen molar-refractivity contribution in [3.05, 3.63) is 24.3 Å². The fourth-order valence-electron chi connectivity index (χ4n) is 4.05. The van der Waals surface area contributed by atoms with Crippen molar-refractivity contribution in [2.75, 3.05) is 52.4 Å². The van der Waals surface area contributed by atoms with Crippen LogP contribution in [0, 0.1) is 5.92 Å². The first-order valence-electron chi connectivity index (χ1n) is 12.1. The van der Waals surface area contributed by atoms with Crippen molar-refractivity contribution in [3.63, 3.8) is 0 Å². The van der Waals surface area contributed by atoms with Gasteiger partial charge in [-0.2, -0.15) is 4.31 Å². The minimum Gasteiger partial charge on any atom is -0.406 e. The summed E-state index contributed by atoms with van der Waals surface area (Å²) < 4.78 is 27.6. The average molecular weight is 496 g/mol. The van der Waals surface area contributed by atoms with Crippen LogP contribution in [0.25, 0.3) is 0 Å². The largest absolute Gasteiger partial charge is 0.406 e. The second-order valence-corrected chi connectivity index (χ2v) is 10.9. The van der Waals surface area contributed by atoms with Gasteiger partial charge >= 0.3 is 0 Å². The van der Waals surface area contributed by atoms with E-state index in [2.05, 4.69) is 10.2 Å². The first-order valence-corrected chi connectivity index (χ1v) is 13.5. The molecule has 0 bridgehead atoms. The Hall–Kier alpha value is -2.21. The zero-order chi connectivity index (χ0) is 24.6. The van der Waals surface area contributed by atoms with Crippen LogP contribution in [0.5, 0.6) is 5.75 Å². The molecule has 11 heteroatoms. The van der Waals surface area contributed by atoms with Gasteiger partial charge in [0.05, 0.1) is 4.90 Å². The molecule has 0 aliphatic carbocycles. The van der Waals surface area contributed by atoms with Crippen LogP contribution in [0.3, 0.4) is 0 Å². The van der Waals surface area contributed by atoms with Crippen LogP contribution in [-0.2, 0) is 19.6 Å². The van der Waals surface area contributed by atoms with Gasteiger partial charge in [-0.05, 0) is 43.5 Å². The summed E-state index contributed by atoms with van der Waals surface area (Å²) in [5.74, 6) is -0.180. The van der Waals surface area contributed by atoms with Crippen molar-refractivity contribution >= 4 is 21.8 Å². The fourth-order valence-corrected chi connectivity index (χ4v) is 5.47. The molecule has 0 spiro atoms. The maximum absolute atomic E-state index is 13.0. The highest BCUT2D eigenvalue weighted by Crippen LogP contribution is 2.22. The number of benzene rings is 1. The van der Waals surface area contributed by atoms with Crippen molar-refractivity contribution < 1.29 is 22.8 Å². The number of nitrogens with two attached hydrogens (primary N) is 1. The summed E-state index contributed by atoms with van der Waals surface area (Å²) in [7, 11) is -3.56. The van der Waals surface area contributed by atoms with Gasteiger partial charge in [0.1, 0.15) is 5.75 Å². The molecule has 2 aliphatic heterocycles. The number of carbonyl (C=O) groups excluding carboxylic acids is 2. The number of sulfonamides is 1. The molecule has 3 N–H and O–H groups in total. The molecule has 0 radical (unpaired) electrons. The minimum atomic E-state index is -3.56. The topological polar surface area (TPSA) is 125 Å². The van der Waals surface area contributed by atoms with E-state index in [1.54, 1.807) is 31.2 Å². The predicted octanol–water partition coefficient (Wildman–Crippen LogP) is 0.790. The third-order valence-corrected chi connectivity index (χ3v) is 8.30. The first-order chi connectivity index (χ1) is 16.3. The van der Waals surface area contributed by atoms with E-state index in [4.69, 9.17) is 10.6 Å². The Kier molecular flexibility index (Phi) is 9.69. The van der Waals surface area contributed by atoms with Crippen molar-refractivity contribution in [1.29, 1.82) is 0 Å². The molecule has 34 heavy (non-hydrogen) atoms. The molecule has 1 aromatic carbocycles. The van der Waals surface area contributed by atoms with Crippen LogP contribution in [-0.4, -0.2) is 86.9 Å². The third kappa shape index (κ3) is 7.66. The number of primary amides is 1. The number of hydroxylamine groups is 2. The normalized spacial score (nSPS) is 19.4.